The van der Waals surface area contributed by atoms with E-state index in [0.717, 1.165) is 12.0 Å². The van der Waals surface area contributed by atoms with Crippen LogP contribution in [0, 0.1) is 10.8 Å². The van der Waals surface area contributed by atoms with Gasteiger partial charge in [-0.05, 0) is 61.6 Å². The molecule has 1 saturated heterocycles. The van der Waals surface area contributed by atoms with Crippen LogP contribution in [0.5, 0.6) is 5.75 Å². The molecule has 1 fully saturated rings. The predicted molar refractivity (Wildman–Crippen MR) is 128 cm³/mol. The fourth-order valence-corrected chi connectivity index (χ4v) is 6.75. The molecule has 5 rings (SSSR count). The topological polar surface area (TPSA) is 206 Å². The normalized spacial score (nSPS) is 33.4. The Hall–Kier alpha value is -3.45. The van der Waals surface area contributed by atoms with Crippen molar-refractivity contribution in [1.29, 1.82) is 0 Å². The maximum atomic E-state index is 13.8. The highest BCUT2D eigenvalue weighted by Crippen LogP contribution is 2.54. The van der Waals surface area contributed by atoms with Crippen molar-refractivity contribution in [3.8, 4) is 5.75 Å². The lowest BCUT2D eigenvalue weighted by Crippen LogP contribution is -2.78. The van der Waals surface area contributed by atoms with E-state index < -0.39 is 57.6 Å². The Kier molecular flexibility index (Phi) is 5.64. The first-order valence-electron chi connectivity index (χ1n) is 11.9. The average Bonchev–Trinajstić information content (AvgIpc) is 3.35. The van der Waals surface area contributed by atoms with Gasteiger partial charge in [-0.1, -0.05) is 6.07 Å². The summed E-state index contributed by atoms with van der Waals surface area (Å²) in [6.07, 6.45) is 0.682. The monoisotopic (exact) mass is 512 g/mol. The summed E-state index contributed by atoms with van der Waals surface area (Å²) in [5.41, 5.74) is 6.79. The highest BCUT2D eigenvalue weighted by atomic mass is 16.5. The molecule has 7 N–H and O–H groups in total. The number of likely N-dealkylation sites (N-methyl/N-ethyl adjacent to an activating group) is 1. The van der Waals surface area contributed by atoms with Crippen molar-refractivity contribution in [2.24, 2.45) is 22.6 Å². The SMILES string of the molecule is CN(C)[C@@H]1C(N=O)=C(C(N)=O)C(=O)[C@@]2(O)C(O)=C3C(=O)c4c(O)ccc(C5CCOC5)c4C[C@H]3C[C@@]12N. The Morgan fingerprint density at radius 1 is 1.22 bits per heavy atom. The number of Topliss-reactive ketones (excluding diaryl/α,β-unsaturated/α-hetero) is 2. The minimum absolute atomic E-state index is 0.00587. The number of ketones is 2. The molecule has 1 aliphatic heterocycles. The number of phenolic OH excluding ortho intramolecular Hbond substituents is 1. The Balaban J connectivity index is 1.76. The molecule has 1 unspecified atom stereocenters. The van der Waals surface area contributed by atoms with E-state index in [1.54, 1.807) is 6.07 Å². The van der Waals surface area contributed by atoms with Crippen molar-refractivity contribution in [1.82, 2.24) is 4.90 Å². The summed E-state index contributed by atoms with van der Waals surface area (Å²) in [5, 5.41) is 36.8. The van der Waals surface area contributed by atoms with Crippen LogP contribution in [0.15, 0.2) is 39.9 Å². The maximum Gasteiger partial charge on any atom is 0.254 e. The Bertz CT molecular complexity index is 1330. The van der Waals surface area contributed by atoms with Crippen molar-refractivity contribution in [3.63, 3.8) is 0 Å². The number of amides is 1. The Morgan fingerprint density at radius 3 is 2.49 bits per heavy atom. The van der Waals surface area contributed by atoms with E-state index in [2.05, 4.69) is 5.18 Å². The third kappa shape index (κ3) is 3.13. The molecule has 196 valence electrons. The molecule has 0 radical (unpaired) electrons. The number of allylic oxidation sites excluding steroid dienone is 1. The van der Waals surface area contributed by atoms with Crippen LogP contribution >= 0.6 is 0 Å². The number of aliphatic hydroxyl groups is 2. The lowest BCUT2D eigenvalue weighted by atomic mass is 9.54. The molecule has 1 aromatic carbocycles. The highest BCUT2D eigenvalue weighted by molar-refractivity contribution is 6.25. The first kappa shape index (κ1) is 25.2. The van der Waals surface area contributed by atoms with Gasteiger partial charge in [0, 0.05) is 18.1 Å². The molecule has 0 saturated carbocycles. The zero-order chi connectivity index (χ0) is 27.0. The van der Waals surface area contributed by atoms with Gasteiger partial charge in [-0.15, -0.1) is 4.91 Å². The number of carbonyl (C=O) groups is 3. The largest absolute Gasteiger partial charge is 0.508 e. The van der Waals surface area contributed by atoms with Gasteiger partial charge in [-0.3, -0.25) is 19.3 Å². The van der Waals surface area contributed by atoms with Crippen LogP contribution in [-0.2, 0) is 20.7 Å². The molecule has 4 aliphatic rings. The van der Waals surface area contributed by atoms with Gasteiger partial charge in [-0.25, -0.2) is 0 Å². The smallest absolute Gasteiger partial charge is 0.254 e. The fraction of sp³-hybridized carbons (Fsp3) is 0.480. The van der Waals surface area contributed by atoms with Crippen molar-refractivity contribution in [3.05, 3.63) is 56.3 Å². The molecular formula is C25H28N4O8. The number of aliphatic hydroxyl groups excluding tert-OH is 1. The summed E-state index contributed by atoms with van der Waals surface area (Å²) in [7, 11) is 3.01. The van der Waals surface area contributed by atoms with E-state index in [-0.39, 0.29) is 35.6 Å². The second-order valence-electron chi connectivity index (χ2n) is 10.4. The second-order valence-corrected chi connectivity index (χ2v) is 10.4. The van der Waals surface area contributed by atoms with Gasteiger partial charge in [0.2, 0.25) is 11.4 Å². The molecule has 1 aromatic rings. The zero-order valence-corrected chi connectivity index (χ0v) is 20.4. The molecule has 0 aromatic heterocycles. The van der Waals surface area contributed by atoms with Gasteiger partial charge >= 0.3 is 0 Å². The van der Waals surface area contributed by atoms with Crippen molar-refractivity contribution in [2.75, 3.05) is 27.3 Å². The molecule has 5 atom stereocenters. The number of nitroso groups, excluding NO2 is 1. The number of hydrogen-bond donors (Lipinski definition) is 5. The second kappa shape index (κ2) is 8.28. The zero-order valence-electron chi connectivity index (χ0n) is 20.4. The van der Waals surface area contributed by atoms with E-state index in [1.807, 2.05) is 0 Å². The number of ether oxygens (including phenoxy) is 1. The molecular weight excluding hydrogens is 484 g/mol. The molecule has 1 heterocycles. The number of rotatable bonds is 4. The van der Waals surface area contributed by atoms with Crippen molar-refractivity contribution in [2.45, 2.75) is 42.4 Å². The van der Waals surface area contributed by atoms with E-state index in [0.29, 0.717) is 18.8 Å². The van der Waals surface area contributed by atoms with Gasteiger partial charge in [0.1, 0.15) is 22.8 Å². The van der Waals surface area contributed by atoms with Gasteiger partial charge in [0.15, 0.2) is 5.78 Å². The lowest BCUT2D eigenvalue weighted by molar-refractivity contribution is -0.150. The van der Waals surface area contributed by atoms with E-state index >= 15 is 0 Å². The number of nitrogens with zero attached hydrogens (tertiary/aromatic N) is 2. The van der Waals surface area contributed by atoms with Crippen LogP contribution in [0.1, 0.15) is 40.2 Å². The third-order valence-corrected chi connectivity index (χ3v) is 8.30. The number of hydrogen-bond acceptors (Lipinski definition) is 11. The minimum Gasteiger partial charge on any atom is -0.508 e. The Morgan fingerprint density at radius 2 is 1.92 bits per heavy atom. The number of primary amides is 1. The number of aromatic hydroxyl groups is 1. The molecule has 0 bridgehead atoms. The molecule has 12 nitrogen and oxygen atoms in total. The maximum absolute atomic E-state index is 13.8. The molecule has 1 amide bonds. The van der Waals surface area contributed by atoms with Gasteiger partial charge in [0.05, 0.1) is 23.8 Å². The van der Waals surface area contributed by atoms with Crippen molar-refractivity contribution >= 4 is 17.5 Å². The first-order chi connectivity index (χ1) is 17.4. The van der Waals surface area contributed by atoms with Crippen molar-refractivity contribution < 1.29 is 34.4 Å². The quantitative estimate of drug-likeness (QED) is 0.268. The predicted octanol–water partition coefficient (Wildman–Crippen LogP) is -0.0858. The summed E-state index contributed by atoms with van der Waals surface area (Å²) in [5.74, 6) is -5.57. The minimum atomic E-state index is -2.95. The average molecular weight is 513 g/mol. The van der Waals surface area contributed by atoms with Crippen LogP contribution in [0.2, 0.25) is 0 Å². The summed E-state index contributed by atoms with van der Waals surface area (Å²) in [6.45, 7) is 1.02. The van der Waals surface area contributed by atoms with Gasteiger partial charge < -0.3 is 31.5 Å². The molecule has 0 spiro atoms. The lowest BCUT2D eigenvalue weighted by Gasteiger charge is -2.56. The summed E-state index contributed by atoms with van der Waals surface area (Å²) < 4.78 is 5.51. The Labute approximate surface area is 211 Å². The first-order valence-corrected chi connectivity index (χ1v) is 11.9. The number of fused-ring (bicyclic) bond motifs is 3. The number of nitrogens with two attached hydrogens (primary N) is 2. The summed E-state index contributed by atoms with van der Waals surface area (Å²) >= 11 is 0. The molecule has 37 heavy (non-hydrogen) atoms. The number of phenols is 1. The van der Waals surface area contributed by atoms with Crippen LogP contribution in [0.25, 0.3) is 0 Å². The summed E-state index contributed by atoms with van der Waals surface area (Å²) in [6, 6.07) is 1.84. The number of benzene rings is 1. The van der Waals surface area contributed by atoms with Crippen LogP contribution in [0.4, 0.5) is 0 Å². The van der Waals surface area contributed by atoms with E-state index in [1.165, 1.54) is 25.1 Å². The third-order valence-electron chi connectivity index (χ3n) is 8.30. The van der Waals surface area contributed by atoms with Gasteiger partial charge in [-0.2, -0.15) is 0 Å². The fourth-order valence-electron chi connectivity index (χ4n) is 6.75. The van der Waals surface area contributed by atoms with E-state index in [9.17, 15) is 34.6 Å². The van der Waals surface area contributed by atoms with Crippen LogP contribution < -0.4 is 11.5 Å². The number of carbonyl (C=O) groups excluding carboxylic acids is 3. The van der Waals surface area contributed by atoms with Crippen LogP contribution in [0.3, 0.4) is 0 Å². The molecule has 12 heteroatoms. The van der Waals surface area contributed by atoms with Crippen LogP contribution in [-0.4, -0.2) is 82.2 Å². The van der Waals surface area contributed by atoms with E-state index in [4.69, 9.17) is 16.2 Å². The molecule has 3 aliphatic carbocycles. The highest BCUT2D eigenvalue weighted by Gasteiger charge is 2.70. The van der Waals surface area contributed by atoms with Gasteiger partial charge in [0.25, 0.3) is 5.91 Å². The standard InChI is InChI=1S/C25H28N4O8/c1-29(2)20-18(28-36)17(23(26)34)22(33)25(35)21(32)15-11(8-24(20,25)27)7-13-12(10-5-6-37-9-10)3-4-14(30)16(13)19(15)31/h3-4,10-11,20,30,32,35H,5-9,27H2,1-2H3,(H2,26,34)/t10?,11-,20+,24+,25-/m0/s1. The summed E-state index contributed by atoms with van der Waals surface area (Å²) in [4.78, 5) is 52.8.